The smallest absolute Gasteiger partial charge is 0.315 e. The number of rotatable bonds is 8. The van der Waals surface area contributed by atoms with E-state index in [1.54, 1.807) is 0 Å². The van der Waals surface area contributed by atoms with E-state index in [1.807, 2.05) is 39.5 Å². The Balaban J connectivity index is 1.53. The molecule has 13 nitrogen and oxygen atoms in total. The molecule has 6 amide bonds. The molecule has 3 saturated heterocycles. The second kappa shape index (κ2) is 17.5. The Morgan fingerprint density at radius 2 is 1.63 bits per heavy atom. The quantitative estimate of drug-likeness (QED) is 0.280. The van der Waals surface area contributed by atoms with Crippen LogP contribution in [0.4, 0.5) is 4.79 Å². The highest BCUT2D eigenvalue weighted by Gasteiger charge is 2.46. The summed E-state index contributed by atoms with van der Waals surface area (Å²) in [4.78, 5) is 84.6. The number of hydrogen-bond acceptors (Lipinski definition) is 7. The van der Waals surface area contributed by atoms with E-state index in [-0.39, 0.29) is 35.8 Å². The number of nitrogens with zero attached hydrogens (tertiary/aromatic N) is 2. The maximum Gasteiger partial charge on any atom is 0.315 e. The summed E-state index contributed by atoms with van der Waals surface area (Å²) in [6.07, 6.45) is 7.99. The van der Waals surface area contributed by atoms with E-state index in [4.69, 9.17) is 4.74 Å². The van der Waals surface area contributed by atoms with Gasteiger partial charge in [0.05, 0.1) is 18.7 Å². The fourth-order valence-electron chi connectivity index (χ4n) is 7.40. The molecule has 288 valence electrons. The molecule has 4 N–H and O–H groups in total. The summed E-state index contributed by atoms with van der Waals surface area (Å²) in [5.74, 6) is -2.29. The number of carbonyl (C=O) groups is 6. The molecule has 0 aromatic rings. The van der Waals surface area contributed by atoms with Crippen LogP contribution in [0.5, 0.6) is 0 Å². The number of likely N-dealkylation sites (tertiary alicyclic amines) is 1. The molecule has 1 unspecified atom stereocenters. The zero-order valence-corrected chi connectivity index (χ0v) is 32.1. The topological polar surface area (TPSA) is 166 Å². The second-order valence-corrected chi connectivity index (χ2v) is 17.5. The molecule has 4 rings (SSSR count). The number of fused-ring (bicyclic) bond motifs is 1. The Labute approximate surface area is 304 Å². The third-order valence-corrected chi connectivity index (χ3v) is 11.1. The zero-order chi connectivity index (χ0) is 37.5. The van der Waals surface area contributed by atoms with Crippen molar-refractivity contribution in [1.29, 1.82) is 0 Å². The van der Waals surface area contributed by atoms with Gasteiger partial charge in [0.1, 0.15) is 12.1 Å². The van der Waals surface area contributed by atoms with Crippen LogP contribution in [0.25, 0.3) is 0 Å². The highest BCUT2D eigenvalue weighted by atomic mass is 16.5. The predicted octanol–water partition coefficient (Wildman–Crippen LogP) is 3.29. The monoisotopic (exact) mass is 716 g/mol. The first-order valence-corrected chi connectivity index (χ1v) is 19.3. The molecular weight excluding hydrogens is 652 g/mol. The van der Waals surface area contributed by atoms with Crippen molar-refractivity contribution in [1.82, 2.24) is 31.1 Å². The summed E-state index contributed by atoms with van der Waals surface area (Å²) in [5.41, 5.74) is -0.446. The molecule has 3 heterocycles. The Kier molecular flexibility index (Phi) is 13.9. The van der Waals surface area contributed by atoms with Crippen molar-refractivity contribution in [2.75, 3.05) is 32.8 Å². The summed E-state index contributed by atoms with van der Waals surface area (Å²) in [7, 11) is 0. The molecule has 5 atom stereocenters. The van der Waals surface area contributed by atoms with Crippen molar-refractivity contribution in [2.45, 2.75) is 149 Å². The minimum absolute atomic E-state index is 0.0128. The summed E-state index contributed by atoms with van der Waals surface area (Å²) in [5, 5.41) is 11.6. The summed E-state index contributed by atoms with van der Waals surface area (Å²) >= 11 is 0. The average molecular weight is 717 g/mol. The highest BCUT2D eigenvalue weighted by molar-refractivity contribution is 6.38. The van der Waals surface area contributed by atoms with Crippen molar-refractivity contribution < 1.29 is 33.5 Å². The number of hydrogen-bond donors (Lipinski definition) is 4. The summed E-state index contributed by atoms with van der Waals surface area (Å²) < 4.78 is 5.97. The van der Waals surface area contributed by atoms with Gasteiger partial charge in [-0.1, -0.05) is 74.1 Å². The number of piperidine rings is 1. The lowest BCUT2D eigenvalue weighted by Gasteiger charge is -2.41. The summed E-state index contributed by atoms with van der Waals surface area (Å²) in [6, 6.07) is -3.87. The number of Topliss-reactive ketones (excluding diaryl/α,β-unsaturated/α-hetero) is 1. The van der Waals surface area contributed by atoms with Gasteiger partial charge < -0.3 is 35.8 Å². The third-order valence-electron chi connectivity index (χ3n) is 11.1. The molecular formula is C38H64N6O7. The lowest BCUT2D eigenvalue weighted by atomic mass is 9.81. The minimum Gasteiger partial charge on any atom is -0.379 e. The standard InChI is InChI=1S/C38H64N6O7/c1-24(2)26-16-18-44-31(26)33(47)40-27(32(46)34(48)39-25-14-15-25)13-11-9-8-10-12-20-51-23-28(35(44)49)41-36(50)42-29(37(3,4)5)22-43-19-17-38(6,7)21-30(43)45/h24-29,31H,8-23H2,1-7H3,(H,39,48)(H,40,47)(H2,41,42,50)/t26?,27-,28-,29+,31-/m0/s1. The van der Waals surface area contributed by atoms with Gasteiger partial charge in [0, 0.05) is 38.7 Å². The van der Waals surface area contributed by atoms with Crippen molar-refractivity contribution >= 4 is 35.4 Å². The van der Waals surface area contributed by atoms with E-state index < -0.39 is 59.1 Å². The van der Waals surface area contributed by atoms with Gasteiger partial charge in [-0.2, -0.15) is 0 Å². The maximum absolute atomic E-state index is 14.4. The molecule has 0 aromatic heterocycles. The fraction of sp³-hybridized carbons (Fsp3) is 0.842. The van der Waals surface area contributed by atoms with Crippen LogP contribution in [0.15, 0.2) is 0 Å². The van der Waals surface area contributed by atoms with Crippen LogP contribution in [0.2, 0.25) is 0 Å². The zero-order valence-electron chi connectivity index (χ0n) is 32.1. The van der Waals surface area contributed by atoms with E-state index in [2.05, 4.69) is 35.1 Å². The maximum atomic E-state index is 14.4. The highest BCUT2D eigenvalue weighted by Crippen LogP contribution is 2.33. The van der Waals surface area contributed by atoms with E-state index >= 15 is 0 Å². The molecule has 51 heavy (non-hydrogen) atoms. The SMILES string of the molecule is CC(C)C1CCN2C(=O)[C@@H](NC(=O)N[C@H](CN3CCC(C)(C)CC3=O)C(C)(C)C)COCCCCCCC[C@@H](C(=O)C(=O)NC3CC3)NC(=O)[C@H]12. The number of amides is 6. The first-order chi connectivity index (χ1) is 24.0. The fourth-order valence-corrected chi connectivity index (χ4v) is 7.40. The Morgan fingerprint density at radius 1 is 0.941 bits per heavy atom. The van der Waals surface area contributed by atoms with Crippen molar-refractivity contribution in [3.63, 3.8) is 0 Å². The van der Waals surface area contributed by atoms with Gasteiger partial charge in [-0.3, -0.25) is 24.0 Å². The number of ketones is 1. The van der Waals surface area contributed by atoms with Gasteiger partial charge in [-0.25, -0.2) is 4.79 Å². The molecule has 3 aliphatic heterocycles. The molecule has 1 aliphatic carbocycles. The number of ether oxygens (including phenoxy) is 1. The minimum atomic E-state index is -1.07. The van der Waals surface area contributed by atoms with Crippen LogP contribution < -0.4 is 21.3 Å². The van der Waals surface area contributed by atoms with Gasteiger partial charge in [-0.05, 0) is 61.2 Å². The number of nitrogens with one attached hydrogen (secondary N) is 4. The molecule has 4 fully saturated rings. The third kappa shape index (κ3) is 11.6. The summed E-state index contributed by atoms with van der Waals surface area (Å²) in [6.45, 7) is 15.8. The van der Waals surface area contributed by atoms with E-state index in [0.717, 1.165) is 44.9 Å². The molecule has 0 spiro atoms. The Hall–Kier alpha value is -3.22. The van der Waals surface area contributed by atoms with Gasteiger partial charge in [-0.15, -0.1) is 0 Å². The first kappa shape index (κ1) is 40.5. The van der Waals surface area contributed by atoms with Crippen LogP contribution in [-0.4, -0.2) is 108 Å². The number of urea groups is 1. The molecule has 13 heteroatoms. The van der Waals surface area contributed by atoms with Gasteiger partial charge in [0.25, 0.3) is 5.91 Å². The van der Waals surface area contributed by atoms with Crippen LogP contribution in [0.3, 0.4) is 0 Å². The van der Waals surface area contributed by atoms with Gasteiger partial charge in [0.2, 0.25) is 23.5 Å². The molecule has 0 aromatic carbocycles. The number of carbonyl (C=O) groups excluding carboxylic acids is 6. The van der Waals surface area contributed by atoms with Crippen LogP contribution >= 0.6 is 0 Å². The van der Waals surface area contributed by atoms with Crippen molar-refractivity contribution in [3.8, 4) is 0 Å². The molecule has 1 saturated carbocycles. The normalized spacial score (nSPS) is 27.7. The Morgan fingerprint density at radius 3 is 2.27 bits per heavy atom. The van der Waals surface area contributed by atoms with Gasteiger partial charge in [0.15, 0.2) is 0 Å². The van der Waals surface area contributed by atoms with Crippen LogP contribution in [-0.2, 0) is 28.7 Å². The van der Waals surface area contributed by atoms with E-state index in [1.165, 1.54) is 4.90 Å². The largest absolute Gasteiger partial charge is 0.379 e. The van der Waals surface area contributed by atoms with Crippen molar-refractivity contribution in [3.05, 3.63) is 0 Å². The van der Waals surface area contributed by atoms with Crippen LogP contribution in [0, 0.1) is 22.7 Å². The second-order valence-electron chi connectivity index (χ2n) is 17.5. The van der Waals surface area contributed by atoms with Crippen molar-refractivity contribution in [2.24, 2.45) is 22.7 Å². The molecule has 0 bridgehead atoms. The lowest BCUT2D eigenvalue weighted by molar-refractivity contribution is -0.144. The molecule has 4 aliphatic rings. The van der Waals surface area contributed by atoms with E-state index in [0.29, 0.717) is 51.9 Å². The predicted molar refractivity (Wildman–Crippen MR) is 193 cm³/mol. The molecule has 0 radical (unpaired) electrons. The average Bonchev–Trinajstić information content (AvgIpc) is 3.74. The first-order valence-electron chi connectivity index (χ1n) is 19.3. The Bertz CT molecular complexity index is 1280. The van der Waals surface area contributed by atoms with E-state index in [9.17, 15) is 28.8 Å². The van der Waals surface area contributed by atoms with Crippen LogP contribution in [0.1, 0.15) is 119 Å². The van der Waals surface area contributed by atoms with Gasteiger partial charge >= 0.3 is 6.03 Å². The lowest BCUT2D eigenvalue weighted by Crippen LogP contribution is -2.61.